The molecule has 0 amide bonds. The van der Waals surface area contributed by atoms with Gasteiger partial charge in [0, 0.05) is 19.6 Å². The SMILES string of the molecule is CCCN1CCC(C#N)(NCCO)CC1. The molecule has 0 saturated carbocycles. The van der Waals surface area contributed by atoms with Crippen molar-refractivity contribution in [2.45, 2.75) is 31.7 Å². The molecule has 0 unspecified atom stereocenters. The third kappa shape index (κ3) is 3.45. The minimum atomic E-state index is -0.396. The lowest BCUT2D eigenvalue weighted by Gasteiger charge is -2.37. The maximum absolute atomic E-state index is 9.17. The van der Waals surface area contributed by atoms with Crippen LogP contribution in [0.1, 0.15) is 26.2 Å². The smallest absolute Gasteiger partial charge is 0.109 e. The van der Waals surface area contributed by atoms with Crippen molar-refractivity contribution in [2.75, 3.05) is 32.8 Å². The monoisotopic (exact) mass is 211 g/mol. The van der Waals surface area contributed by atoms with Crippen molar-refractivity contribution >= 4 is 0 Å². The van der Waals surface area contributed by atoms with Crippen molar-refractivity contribution in [3.8, 4) is 6.07 Å². The number of aliphatic hydroxyl groups excluding tert-OH is 1. The lowest BCUT2D eigenvalue weighted by Crippen LogP contribution is -2.53. The number of nitrogens with zero attached hydrogens (tertiary/aromatic N) is 2. The van der Waals surface area contributed by atoms with Gasteiger partial charge in [0.05, 0.1) is 12.7 Å². The molecule has 2 N–H and O–H groups in total. The summed E-state index contributed by atoms with van der Waals surface area (Å²) in [6.07, 6.45) is 2.90. The second-order valence-electron chi connectivity index (χ2n) is 4.19. The zero-order chi connectivity index (χ0) is 11.1. The maximum Gasteiger partial charge on any atom is 0.109 e. The fraction of sp³-hybridized carbons (Fsp3) is 0.909. The van der Waals surface area contributed by atoms with Gasteiger partial charge in [-0.2, -0.15) is 5.26 Å². The number of β-amino-alcohol motifs (C(OH)–C–C–N with tert-alkyl or cyclic N) is 1. The number of nitrogens with one attached hydrogen (secondary N) is 1. The van der Waals surface area contributed by atoms with E-state index in [1.54, 1.807) is 0 Å². The van der Waals surface area contributed by atoms with E-state index in [1.165, 1.54) is 6.42 Å². The van der Waals surface area contributed by atoms with E-state index in [1.807, 2.05) is 0 Å². The predicted octanol–water partition coefficient (Wildman–Crippen LogP) is 0.336. The van der Waals surface area contributed by atoms with E-state index in [-0.39, 0.29) is 6.61 Å². The van der Waals surface area contributed by atoms with E-state index < -0.39 is 5.54 Å². The first-order valence-corrected chi connectivity index (χ1v) is 5.76. The van der Waals surface area contributed by atoms with Crippen LogP contribution in [0.3, 0.4) is 0 Å². The van der Waals surface area contributed by atoms with Gasteiger partial charge in [-0.05, 0) is 25.8 Å². The Morgan fingerprint density at radius 1 is 1.47 bits per heavy atom. The van der Waals surface area contributed by atoms with Crippen LogP contribution in [0.25, 0.3) is 0 Å². The average Bonchev–Trinajstić information content (AvgIpc) is 2.29. The van der Waals surface area contributed by atoms with Gasteiger partial charge in [-0.1, -0.05) is 6.92 Å². The second kappa shape index (κ2) is 6.06. The molecular weight excluding hydrogens is 190 g/mol. The Kier molecular flexibility index (Phi) is 5.03. The van der Waals surface area contributed by atoms with E-state index in [0.717, 1.165) is 32.5 Å². The Morgan fingerprint density at radius 2 is 2.13 bits per heavy atom. The van der Waals surface area contributed by atoms with Gasteiger partial charge in [0.1, 0.15) is 5.54 Å². The largest absolute Gasteiger partial charge is 0.395 e. The predicted molar refractivity (Wildman–Crippen MR) is 59.4 cm³/mol. The van der Waals surface area contributed by atoms with Crippen molar-refractivity contribution in [3.63, 3.8) is 0 Å². The van der Waals surface area contributed by atoms with Crippen LogP contribution < -0.4 is 5.32 Å². The van der Waals surface area contributed by atoms with E-state index in [2.05, 4.69) is 23.2 Å². The van der Waals surface area contributed by atoms with E-state index in [4.69, 9.17) is 5.11 Å². The summed E-state index contributed by atoms with van der Waals surface area (Å²) in [5, 5.41) is 21.1. The van der Waals surface area contributed by atoms with E-state index >= 15 is 0 Å². The molecule has 0 aromatic carbocycles. The van der Waals surface area contributed by atoms with Gasteiger partial charge in [-0.15, -0.1) is 0 Å². The first-order chi connectivity index (χ1) is 7.26. The summed E-state index contributed by atoms with van der Waals surface area (Å²) in [6, 6.07) is 2.37. The second-order valence-corrected chi connectivity index (χ2v) is 4.19. The quantitative estimate of drug-likeness (QED) is 0.688. The van der Waals surface area contributed by atoms with Crippen LogP contribution in [0.4, 0.5) is 0 Å². The van der Waals surface area contributed by atoms with Crippen LogP contribution in [0.2, 0.25) is 0 Å². The molecule has 0 spiro atoms. The molecule has 0 atom stereocenters. The van der Waals surface area contributed by atoms with Gasteiger partial charge in [0.15, 0.2) is 0 Å². The van der Waals surface area contributed by atoms with Crippen LogP contribution in [-0.4, -0.2) is 48.3 Å². The maximum atomic E-state index is 9.17. The van der Waals surface area contributed by atoms with Gasteiger partial charge < -0.3 is 10.0 Å². The van der Waals surface area contributed by atoms with Crippen molar-refractivity contribution in [2.24, 2.45) is 0 Å². The summed E-state index contributed by atoms with van der Waals surface area (Å²) in [7, 11) is 0. The molecule has 1 heterocycles. The summed E-state index contributed by atoms with van der Waals surface area (Å²) in [5.74, 6) is 0. The van der Waals surface area contributed by atoms with Gasteiger partial charge in [0.2, 0.25) is 0 Å². The highest BCUT2D eigenvalue weighted by Crippen LogP contribution is 2.21. The molecule has 1 saturated heterocycles. The van der Waals surface area contributed by atoms with Gasteiger partial charge in [0.25, 0.3) is 0 Å². The zero-order valence-electron chi connectivity index (χ0n) is 9.50. The summed E-state index contributed by atoms with van der Waals surface area (Å²) in [5.41, 5.74) is -0.396. The number of piperidine rings is 1. The van der Waals surface area contributed by atoms with Crippen molar-refractivity contribution in [3.05, 3.63) is 0 Å². The van der Waals surface area contributed by atoms with E-state index in [0.29, 0.717) is 6.54 Å². The summed E-state index contributed by atoms with van der Waals surface area (Å²) in [6.45, 7) is 5.89. The molecule has 4 heteroatoms. The zero-order valence-corrected chi connectivity index (χ0v) is 9.50. The van der Waals surface area contributed by atoms with Crippen molar-refractivity contribution in [1.82, 2.24) is 10.2 Å². The highest BCUT2D eigenvalue weighted by atomic mass is 16.3. The number of likely N-dealkylation sites (tertiary alicyclic amines) is 1. The van der Waals surface area contributed by atoms with Crippen LogP contribution in [-0.2, 0) is 0 Å². The topological polar surface area (TPSA) is 59.3 Å². The standard InChI is InChI=1S/C11H21N3O/c1-2-6-14-7-3-11(10-12,4-8-14)13-5-9-15/h13,15H,2-9H2,1H3. The molecule has 4 nitrogen and oxygen atoms in total. The molecule has 1 aliphatic rings. The third-order valence-corrected chi connectivity index (χ3v) is 3.04. The molecule has 0 aromatic rings. The van der Waals surface area contributed by atoms with E-state index in [9.17, 15) is 5.26 Å². The number of hydrogen-bond donors (Lipinski definition) is 2. The Bertz CT molecular complexity index is 216. The number of rotatable bonds is 5. The molecule has 0 bridgehead atoms. The Hall–Kier alpha value is -0.630. The van der Waals surface area contributed by atoms with Crippen LogP contribution in [0, 0.1) is 11.3 Å². The number of nitriles is 1. The highest BCUT2D eigenvalue weighted by Gasteiger charge is 2.33. The number of aliphatic hydroxyl groups is 1. The molecule has 1 fully saturated rings. The molecule has 0 aromatic heterocycles. The Balaban J connectivity index is 2.41. The molecule has 1 aliphatic heterocycles. The third-order valence-electron chi connectivity index (χ3n) is 3.04. The first-order valence-electron chi connectivity index (χ1n) is 5.76. The molecule has 15 heavy (non-hydrogen) atoms. The minimum Gasteiger partial charge on any atom is -0.395 e. The average molecular weight is 211 g/mol. The fourth-order valence-corrected chi connectivity index (χ4v) is 2.10. The van der Waals surface area contributed by atoms with Crippen LogP contribution in [0.5, 0.6) is 0 Å². The fourth-order valence-electron chi connectivity index (χ4n) is 2.10. The molecule has 86 valence electrons. The summed E-state index contributed by atoms with van der Waals surface area (Å²) < 4.78 is 0. The van der Waals surface area contributed by atoms with Crippen LogP contribution in [0.15, 0.2) is 0 Å². The first kappa shape index (κ1) is 12.4. The molecule has 0 aliphatic carbocycles. The minimum absolute atomic E-state index is 0.0993. The highest BCUT2D eigenvalue weighted by molar-refractivity contribution is 5.09. The van der Waals surface area contributed by atoms with Crippen LogP contribution >= 0.6 is 0 Å². The van der Waals surface area contributed by atoms with Gasteiger partial charge in [-0.3, -0.25) is 5.32 Å². The summed E-state index contributed by atoms with van der Waals surface area (Å²) in [4.78, 5) is 2.40. The molecule has 1 rings (SSSR count). The lowest BCUT2D eigenvalue weighted by atomic mass is 9.89. The Morgan fingerprint density at radius 3 is 2.60 bits per heavy atom. The van der Waals surface area contributed by atoms with Gasteiger partial charge in [-0.25, -0.2) is 0 Å². The van der Waals surface area contributed by atoms with Crippen molar-refractivity contribution in [1.29, 1.82) is 5.26 Å². The Labute approximate surface area is 91.9 Å². The van der Waals surface area contributed by atoms with Gasteiger partial charge >= 0.3 is 0 Å². The molecule has 0 radical (unpaired) electrons. The van der Waals surface area contributed by atoms with Crippen molar-refractivity contribution < 1.29 is 5.11 Å². The normalized spacial score (nSPS) is 21.1. The molecular formula is C11H21N3O. The summed E-state index contributed by atoms with van der Waals surface area (Å²) >= 11 is 0. The number of hydrogen-bond acceptors (Lipinski definition) is 4. The lowest BCUT2D eigenvalue weighted by molar-refractivity contribution is 0.160.